The Balaban J connectivity index is 3.10. The van der Waals surface area contributed by atoms with Crippen molar-refractivity contribution in [3.8, 4) is 0 Å². The summed E-state index contributed by atoms with van der Waals surface area (Å²) in [6, 6.07) is 0.823. The second-order valence-electron chi connectivity index (χ2n) is 4.60. The Labute approximate surface area is 115 Å². The van der Waals surface area contributed by atoms with Crippen LogP contribution in [0.25, 0.3) is 0 Å². The molecule has 0 aromatic carbocycles. The van der Waals surface area contributed by atoms with Crippen LogP contribution in [-0.2, 0) is 4.74 Å². The first-order valence-electron chi connectivity index (χ1n) is 6.00. The van der Waals surface area contributed by atoms with Gasteiger partial charge >= 0.3 is 11.7 Å². The highest BCUT2D eigenvalue weighted by atomic mass is 16.6. The van der Waals surface area contributed by atoms with Gasteiger partial charge in [-0.2, -0.15) is 0 Å². The molecule has 2 N–H and O–H groups in total. The van der Waals surface area contributed by atoms with Crippen molar-refractivity contribution in [3.63, 3.8) is 0 Å². The molecule has 1 heterocycles. The molecule has 20 heavy (non-hydrogen) atoms. The Morgan fingerprint density at radius 2 is 2.25 bits per heavy atom. The first kappa shape index (κ1) is 15.8. The number of aromatic carboxylic acids is 1. The van der Waals surface area contributed by atoms with E-state index in [1.165, 1.54) is 7.11 Å². The summed E-state index contributed by atoms with van der Waals surface area (Å²) in [5.41, 5.74) is -0.596. The number of carbonyl (C=O) groups is 1. The van der Waals surface area contributed by atoms with E-state index in [0.717, 1.165) is 12.3 Å². The fourth-order valence-electron chi connectivity index (χ4n) is 1.58. The third kappa shape index (κ3) is 3.89. The lowest BCUT2D eigenvalue weighted by Crippen LogP contribution is -2.31. The molecule has 0 fully saturated rings. The molecule has 1 unspecified atom stereocenters. The number of rotatable bonds is 7. The summed E-state index contributed by atoms with van der Waals surface area (Å²) in [5, 5.41) is 22.8. The number of nitrogens with one attached hydrogen (secondary N) is 1. The lowest BCUT2D eigenvalue weighted by molar-refractivity contribution is -0.384. The van der Waals surface area contributed by atoms with Crippen molar-refractivity contribution in [2.24, 2.45) is 5.92 Å². The van der Waals surface area contributed by atoms with Crippen molar-refractivity contribution in [1.82, 2.24) is 4.98 Å². The third-order valence-corrected chi connectivity index (χ3v) is 2.78. The van der Waals surface area contributed by atoms with Crippen LogP contribution in [0, 0.1) is 16.0 Å². The molecule has 0 amide bonds. The number of hydrogen-bond donors (Lipinski definition) is 2. The summed E-state index contributed by atoms with van der Waals surface area (Å²) in [6.45, 7) is 4.24. The summed E-state index contributed by atoms with van der Waals surface area (Å²) >= 11 is 0. The second-order valence-corrected chi connectivity index (χ2v) is 4.60. The number of carboxylic acid groups (broad SMARTS) is 1. The topological polar surface area (TPSA) is 115 Å². The van der Waals surface area contributed by atoms with Gasteiger partial charge in [0.15, 0.2) is 0 Å². The lowest BCUT2D eigenvalue weighted by atomic mass is 10.1. The second kappa shape index (κ2) is 6.80. The molecule has 8 heteroatoms. The van der Waals surface area contributed by atoms with Crippen molar-refractivity contribution in [3.05, 3.63) is 27.9 Å². The van der Waals surface area contributed by atoms with Gasteiger partial charge in [0, 0.05) is 19.4 Å². The highest BCUT2D eigenvalue weighted by molar-refractivity contribution is 5.88. The maximum atomic E-state index is 11.0. The molecule has 0 aliphatic heterocycles. The molecular weight excluding hydrogens is 266 g/mol. The minimum atomic E-state index is -1.26. The van der Waals surface area contributed by atoms with Crippen LogP contribution >= 0.6 is 0 Å². The average Bonchev–Trinajstić information content (AvgIpc) is 2.37. The molecule has 1 atom stereocenters. The molecule has 0 bridgehead atoms. The van der Waals surface area contributed by atoms with E-state index in [1.54, 1.807) is 0 Å². The highest BCUT2D eigenvalue weighted by Crippen LogP contribution is 2.24. The van der Waals surface area contributed by atoms with Gasteiger partial charge in [-0.1, -0.05) is 13.8 Å². The molecule has 0 aliphatic carbocycles. The molecule has 1 aromatic rings. The van der Waals surface area contributed by atoms with Gasteiger partial charge in [-0.05, 0) is 5.92 Å². The highest BCUT2D eigenvalue weighted by Gasteiger charge is 2.22. The Bertz CT molecular complexity index is 504. The molecule has 0 saturated heterocycles. The SMILES string of the molecule is COCC(Nc1ncc(C(=O)O)cc1[N+](=O)[O-])C(C)C. The molecule has 0 spiro atoms. The van der Waals surface area contributed by atoms with Crippen molar-refractivity contribution < 1.29 is 19.6 Å². The van der Waals surface area contributed by atoms with Gasteiger partial charge in [0.25, 0.3) is 0 Å². The number of nitro groups is 1. The first-order chi connectivity index (χ1) is 9.36. The predicted molar refractivity (Wildman–Crippen MR) is 72.0 cm³/mol. The maximum Gasteiger partial charge on any atom is 0.337 e. The van der Waals surface area contributed by atoms with Gasteiger partial charge in [0.1, 0.15) is 0 Å². The van der Waals surface area contributed by atoms with Gasteiger partial charge in [-0.3, -0.25) is 10.1 Å². The summed E-state index contributed by atoms with van der Waals surface area (Å²) in [6.07, 6.45) is 1.09. The predicted octanol–water partition coefficient (Wildman–Crippen LogP) is 1.77. The van der Waals surface area contributed by atoms with Crippen LogP contribution in [0.15, 0.2) is 12.3 Å². The molecule has 1 rings (SSSR count). The Hall–Kier alpha value is -2.22. The Morgan fingerprint density at radius 1 is 1.60 bits per heavy atom. The standard InChI is InChI=1S/C12H17N3O5/c1-7(2)9(6-20-3)14-11-10(15(18)19)4-8(5-13-11)12(16)17/h4-5,7,9H,6H2,1-3H3,(H,13,14)(H,16,17). The van der Waals surface area contributed by atoms with E-state index in [-0.39, 0.29) is 29.0 Å². The van der Waals surface area contributed by atoms with Crippen molar-refractivity contribution in [2.75, 3.05) is 19.0 Å². The maximum absolute atomic E-state index is 11.0. The zero-order chi connectivity index (χ0) is 15.3. The fourth-order valence-corrected chi connectivity index (χ4v) is 1.58. The zero-order valence-electron chi connectivity index (χ0n) is 11.5. The van der Waals surface area contributed by atoms with Crippen molar-refractivity contribution in [2.45, 2.75) is 19.9 Å². The summed E-state index contributed by atoms with van der Waals surface area (Å²) in [4.78, 5) is 25.0. The molecular formula is C12H17N3O5. The fraction of sp³-hybridized carbons (Fsp3) is 0.500. The molecule has 8 nitrogen and oxygen atoms in total. The quantitative estimate of drug-likeness (QED) is 0.578. The number of nitrogens with zero attached hydrogens (tertiary/aromatic N) is 2. The van der Waals surface area contributed by atoms with Crippen LogP contribution in [-0.4, -0.2) is 40.7 Å². The Morgan fingerprint density at radius 3 is 2.70 bits per heavy atom. The van der Waals surface area contributed by atoms with E-state index in [0.29, 0.717) is 6.61 Å². The lowest BCUT2D eigenvalue weighted by Gasteiger charge is -2.21. The van der Waals surface area contributed by atoms with E-state index in [1.807, 2.05) is 13.8 Å². The summed E-state index contributed by atoms with van der Waals surface area (Å²) in [5.74, 6) is -1.06. The molecule has 1 aromatic heterocycles. The van der Waals surface area contributed by atoms with Crippen LogP contribution in [0.4, 0.5) is 11.5 Å². The monoisotopic (exact) mass is 283 g/mol. The third-order valence-electron chi connectivity index (χ3n) is 2.78. The minimum Gasteiger partial charge on any atom is -0.478 e. The summed E-state index contributed by atoms with van der Waals surface area (Å²) < 4.78 is 5.05. The zero-order valence-corrected chi connectivity index (χ0v) is 11.5. The number of carboxylic acids is 1. The van der Waals surface area contributed by atoms with Crippen molar-refractivity contribution >= 4 is 17.5 Å². The molecule has 110 valence electrons. The molecule has 0 saturated carbocycles. The number of hydrogen-bond acceptors (Lipinski definition) is 6. The van der Waals surface area contributed by atoms with E-state index in [9.17, 15) is 14.9 Å². The number of pyridine rings is 1. The van der Waals surface area contributed by atoms with Crippen LogP contribution in [0.5, 0.6) is 0 Å². The van der Waals surface area contributed by atoms with Gasteiger partial charge in [0.2, 0.25) is 5.82 Å². The Kier molecular flexibility index (Phi) is 5.39. The van der Waals surface area contributed by atoms with E-state index < -0.39 is 10.9 Å². The average molecular weight is 283 g/mol. The number of ether oxygens (including phenoxy) is 1. The van der Waals surface area contributed by atoms with Crippen molar-refractivity contribution in [1.29, 1.82) is 0 Å². The minimum absolute atomic E-state index is 0.0377. The van der Waals surface area contributed by atoms with E-state index in [2.05, 4.69) is 10.3 Å². The van der Waals surface area contributed by atoms with Gasteiger partial charge in [-0.25, -0.2) is 9.78 Å². The first-order valence-corrected chi connectivity index (χ1v) is 6.00. The molecule has 0 aliphatic rings. The van der Waals surface area contributed by atoms with Crippen LogP contribution in [0.3, 0.4) is 0 Å². The molecule has 0 radical (unpaired) electrons. The van der Waals surface area contributed by atoms with Gasteiger partial charge in [0.05, 0.1) is 23.1 Å². The van der Waals surface area contributed by atoms with Crippen LogP contribution < -0.4 is 5.32 Å². The van der Waals surface area contributed by atoms with Crippen LogP contribution in [0.1, 0.15) is 24.2 Å². The largest absolute Gasteiger partial charge is 0.478 e. The normalized spacial score (nSPS) is 12.2. The number of anilines is 1. The van der Waals surface area contributed by atoms with Gasteiger partial charge in [-0.15, -0.1) is 0 Å². The summed E-state index contributed by atoms with van der Waals surface area (Å²) in [7, 11) is 1.53. The van der Waals surface area contributed by atoms with E-state index >= 15 is 0 Å². The van der Waals surface area contributed by atoms with Gasteiger partial charge < -0.3 is 15.2 Å². The number of aromatic nitrogens is 1. The van der Waals surface area contributed by atoms with Crippen LogP contribution in [0.2, 0.25) is 0 Å². The van der Waals surface area contributed by atoms with E-state index in [4.69, 9.17) is 9.84 Å². The smallest absolute Gasteiger partial charge is 0.337 e. The number of methoxy groups -OCH3 is 1.